The summed E-state index contributed by atoms with van der Waals surface area (Å²) in [6, 6.07) is 0.368. The Morgan fingerprint density at radius 3 is 2.73 bits per heavy atom. The molecule has 1 saturated carbocycles. The van der Waals surface area contributed by atoms with Gasteiger partial charge < -0.3 is 10.6 Å². The highest BCUT2D eigenvalue weighted by atomic mass is 127. The number of rotatable bonds is 1. The molecule has 0 bridgehead atoms. The molecule has 1 spiro atoms. The van der Waals surface area contributed by atoms with Gasteiger partial charge in [0.1, 0.15) is 0 Å². The first-order valence-electron chi connectivity index (χ1n) is 8.09. The molecule has 0 amide bonds. The van der Waals surface area contributed by atoms with E-state index in [0.29, 0.717) is 17.4 Å². The van der Waals surface area contributed by atoms with Gasteiger partial charge in [0.25, 0.3) is 0 Å². The minimum atomic E-state index is 0.368. The molecule has 2 fully saturated rings. The minimum Gasteiger partial charge on any atom is -0.342 e. The molecule has 6 heteroatoms. The molecule has 1 saturated heterocycles. The molecular formula is C16H22IN5. The summed E-state index contributed by atoms with van der Waals surface area (Å²) < 4.78 is 3.20. The van der Waals surface area contributed by atoms with Crippen LogP contribution in [0.15, 0.2) is 18.6 Å². The molecule has 1 aliphatic carbocycles. The van der Waals surface area contributed by atoms with E-state index in [4.69, 9.17) is 5.73 Å². The minimum absolute atomic E-state index is 0.368. The number of imidazole rings is 1. The molecule has 1 unspecified atom stereocenters. The summed E-state index contributed by atoms with van der Waals surface area (Å²) in [5.74, 6) is 1.69. The summed E-state index contributed by atoms with van der Waals surface area (Å²) in [4.78, 5) is 11.5. The van der Waals surface area contributed by atoms with E-state index < -0.39 is 0 Å². The van der Waals surface area contributed by atoms with Gasteiger partial charge in [0.15, 0.2) is 5.65 Å². The van der Waals surface area contributed by atoms with Crippen LogP contribution in [0.1, 0.15) is 32.6 Å². The highest BCUT2D eigenvalue weighted by Gasteiger charge is 2.46. The number of aromatic nitrogens is 3. The number of hydrogen-bond acceptors (Lipinski definition) is 4. The fraction of sp³-hybridized carbons (Fsp3) is 0.625. The Morgan fingerprint density at radius 1 is 1.27 bits per heavy atom. The Hall–Kier alpha value is -0.890. The first-order chi connectivity index (χ1) is 10.6. The van der Waals surface area contributed by atoms with Crippen molar-refractivity contribution in [1.82, 2.24) is 14.4 Å². The third-order valence-electron chi connectivity index (χ3n) is 5.82. The van der Waals surface area contributed by atoms with Crippen LogP contribution in [-0.2, 0) is 0 Å². The molecule has 2 aromatic heterocycles. The van der Waals surface area contributed by atoms with Gasteiger partial charge in [-0.3, -0.25) is 4.40 Å². The van der Waals surface area contributed by atoms with Gasteiger partial charge in [-0.1, -0.05) is 6.92 Å². The average molecular weight is 411 g/mol. The SMILES string of the molecule is CC1CCC2(CCN(c3ncc(I)c4nccn34)CC2)[C@@H]1N. The van der Waals surface area contributed by atoms with Crippen molar-refractivity contribution in [3.05, 3.63) is 22.2 Å². The van der Waals surface area contributed by atoms with Gasteiger partial charge in [-0.2, -0.15) is 0 Å². The summed E-state index contributed by atoms with van der Waals surface area (Å²) in [5.41, 5.74) is 7.88. The lowest BCUT2D eigenvalue weighted by Crippen LogP contribution is -2.49. The van der Waals surface area contributed by atoms with E-state index in [9.17, 15) is 0 Å². The van der Waals surface area contributed by atoms with E-state index in [1.807, 2.05) is 18.6 Å². The average Bonchev–Trinajstić information content (AvgIpc) is 3.12. The molecule has 2 atom stereocenters. The van der Waals surface area contributed by atoms with E-state index in [1.165, 1.54) is 25.7 Å². The van der Waals surface area contributed by atoms with Crippen LogP contribution in [0, 0.1) is 14.9 Å². The van der Waals surface area contributed by atoms with Crippen LogP contribution in [0.25, 0.3) is 5.65 Å². The first-order valence-corrected chi connectivity index (χ1v) is 9.17. The van der Waals surface area contributed by atoms with Crippen LogP contribution in [0.3, 0.4) is 0 Å². The first kappa shape index (κ1) is 14.7. The second-order valence-electron chi connectivity index (χ2n) is 6.92. The van der Waals surface area contributed by atoms with E-state index in [0.717, 1.165) is 28.3 Å². The molecular weight excluding hydrogens is 389 g/mol. The molecule has 4 rings (SSSR count). The Balaban J connectivity index is 1.59. The number of piperidine rings is 1. The molecule has 0 radical (unpaired) electrons. The quantitative estimate of drug-likeness (QED) is 0.734. The lowest BCUT2D eigenvalue weighted by molar-refractivity contribution is 0.185. The normalized spacial score (nSPS) is 27.9. The largest absolute Gasteiger partial charge is 0.342 e. The third-order valence-corrected chi connectivity index (χ3v) is 6.58. The maximum Gasteiger partial charge on any atom is 0.211 e. The predicted molar refractivity (Wildman–Crippen MR) is 96.0 cm³/mol. The highest BCUT2D eigenvalue weighted by Crippen LogP contribution is 2.48. The van der Waals surface area contributed by atoms with Crippen molar-refractivity contribution in [1.29, 1.82) is 0 Å². The standard InChI is InChI=1S/C16H22IN5/c1-11-2-3-16(13(11)18)4-7-21(8-5-16)15-20-10-12(17)14-19-6-9-22(14)15/h6,9-11,13H,2-5,7-8,18H2,1H3/t11?,13-/m1/s1. The Labute approximate surface area is 144 Å². The molecule has 22 heavy (non-hydrogen) atoms. The van der Waals surface area contributed by atoms with E-state index in [1.54, 1.807) is 0 Å². The van der Waals surface area contributed by atoms with E-state index in [-0.39, 0.29) is 0 Å². The maximum absolute atomic E-state index is 6.52. The summed E-state index contributed by atoms with van der Waals surface area (Å²) >= 11 is 2.29. The molecule has 118 valence electrons. The number of hydrogen-bond donors (Lipinski definition) is 1. The molecule has 3 heterocycles. The van der Waals surface area contributed by atoms with Gasteiger partial charge in [0.05, 0.1) is 3.57 Å². The Bertz CT molecular complexity index is 689. The van der Waals surface area contributed by atoms with Crippen LogP contribution < -0.4 is 10.6 Å². The van der Waals surface area contributed by atoms with Crippen molar-refractivity contribution < 1.29 is 0 Å². The molecule has 0 aromatic carbocycles. The van der Waals surface area contributed by atoms with Gasteiger partial charge in [0, 0.05) is 37.7 Å². The Morgan fingerprint density at radius 2 is 2.05 bits per heavy atom. The number of halogens is 1. The van der Waals surface area contributed by atoms with Gasteiger partial charge in [-0.15, -0.1) is 0 Å². The summed E-state index contributed by atoms with van der Waals surface area (Å²) in [6.07, 6.45) is 10.7. The van der Waals surface area contributed by atoms with Crippen molar-refractivity contribution in [2.45, 2.75) is 38.6 Å². The zero-order valence-electron chi connectivity index (χ0n) is 12.9. The Kier molecular flexibility index (Phi) is 3.56. The number of fused-ring (bicyclic) bond motifs is 1. The van der Waals surface area contributed by atoms with Crippen molar-refractivity contribution in [3.8, 4) is 0 Å². The second kappa shape index (κ2) is 5.33. The summed E-state index contributed by atoms with van der Waals surface area (Å²) in [5, 5.41) is 0. The molecule has 2 aromatic rings. The fourth-order valence-electron chi connectivity index (χ4n) is 4.31. The molecule has 2 N–H and O–H groups in total. The maximum atomic E-state index is 6.52. The van der Waals surface area contributed by atoms with Crippen molar-refractivity contribution in [3.63, 3.8) is 0 Å². The zero-order chi connectivity index (χ0) is 15.3. The van der Waals surface area contributed by atoms with Gasteiger partial charge in [-0.05, 0) is 59.6 Å². The second-order valence-corrected chi connectivity index (χ2v) is 8.08. The smallest absolute Gasteiger partial charge is 0.211 e. The topological polar surface area (TPSA) is 59.5 Å². The van der Waals surface area contributed by atoms with Gasteiger partial charge in [-0.25, -0.2) is 9.97 Å². The zero-order valence-corrected chi connectivity index (χ0v) is 15.0. The summed E-state index contributed by atoms with van der Waals surface area (Å²) in [6.45, 7) is 4.39. The lowest BCUT2D eigenvalue weighted by Gasteiger charge is -2.43. The van der Waals surface area contributed by atoms with Crippen molar-refractivity contribution in [2.24, 2.45) is 17.1 Å². The number of nitrogens with two attached hydrogens (primary N) is 1. The van der Waals surface area contributed by atoms with E-state index >= 15 is 0 Å². The van der Waals surface area contributed by atoms with Crippen LogP contribution in [0.5, 0.6) is 0 Å². The number of anilines is 1. The molecule has 5 nitrogen and oxygen atoms in total. The van der Waals surface area contributed by atoms with E-state index in [2.05, 4.69) is 48.8 Å². The monoisotopic (exact) mass is 411 g/mol. The predicted octanol–water partition coefficient (Wildman–Crippen LogP) is 2.68. The van der Waals surface area contributed by atoms with Crippen molar-refractivity contribution in [2.75, 3.05) is 18.0 Å². The van der Waals surface area contributed by atoms with Crippen LogP contribution in [0.4, 0.5) is 5.95 Å². The lowest BCUT2D eigenvalue weighted by atomic mass is 9.73. The fourth-order valence-corrected chi connectivity index (χ4v) is 4.85. The molecule has 1 aliphatic heterocycles. The van der Waals surface area contributed by atoms with Crippen LogP contribution in [-0.4, -0.2) is 33.5 Å². The van der Waals surface area contributed by atoms with Gasteiger partial charge in [0.2, 0.25) is 5.95 Å². The highest BCUT2D eigenvalue weighted by molar-refractivity contribution is 14.1. The van der Waals surface area contributed by atoms with Crippen LogP contribution in [0.2, 0.25) is 0 Å². The number of nitrogens with zero attached hydrogens (tertiary/aromatic N) is 4. The van der Waals surface area contributed by atoms with Gasteiger partial charge >= 0.3 is 0 Å². The third kappa shape index (κ3) is 2.14. The summed E-state index contributed by atoms with van der Waals surface area (Å²) in [7, 11) is 0. The van der Waals surface area contributed by atoms with Crippen LogP contribution >= 0.6 is 22.6 Å². The van der Waals surface area contributed by atoms with Crippen molar-refractivity contribution >= 4 is 34.2 Å². The molecule has 2 aliphatic rings.